The highest BCUT2D eigenvalue weighted by atomic mass is 16.5. The minimum Gasteiger partial charge on any atom is -0.480 e. The number of benzene rings is 1. The maximum atomic E-state index is 13.1. The average molecular weight is 698 g/mol. The number of hydrogen-bond donors (Lipinski definition) is 4. The van der Waals surface area contributed by atoms with Crippen LogP contribution < -0.4 is 11.1 Å². The first-order valence-corrected chi connectivity index (χ1v) is 18.2. The lowest BCUT2D eigenvalue weighted by Gasteiger charge is -2.47. The number of urea groups is 1. The Kier molecular flexibility index (Phi) is 14.9. The third-order valence-electron chi connectivity index (χ3n) is 10.1. The van der Waals surface area contributed by atoms with Crippen LogP contribution in [-0.4, -0.2) is 125 Å². The smallest absolute Gasteiger partial charge is 0.327 e. The van der Waals surface area contributed by atoms with Gasteiger partial charge in [-0.2, -0.15) is 0 Å². The number of carboxylic acid groups (broad SMARTS) is 1. The van der Waals surface area contributed by atoms with E-state index in [4.69, 9.17) is 15.9 Å². The van der Waals surface area contributed by atoms with Gasteiger partial charge in [0.2, 0.25) is 11.8 Å². The Labute approximate surface area is 295 Å². The number of β-lactam (4-membered cyclic amide) rings is 1. The molecule has 4 aliphatic heterocycles. The molecular weight excluding hydrogens is 642 g/mol. The Morgan fingerprint density at radius 1 is 0.960 bits per heavy atom. The number of aryl methyl sites for hydroxylation is 1. The quantitative estimate of drug-likeness (QED) is 0.0879. The van der Waals surface area contributed by atoms with Crippen LogP contribution in [-0.2, 0) is 30.3 Å². The zero-order chi connectivity index (χ0) is 36.0. The molecule has 0 saturated carbocycles. The van der Waals surface area contributed by atoms with Gasteiger partial charge in [0, 0.05) is 52.2 Å². The first-order valence-electron chi connectivity index (χ1n) is 18.2. The van der Waals surface area contributed by atoms with Gasteiger partial charge in [-0.3, -0.25) is 19.8 Å². The lowest BCUT2D eigenvalue weighted by Crippen LogP contribution is -2.70. The molecule has 4 atom stereocenters. The van der Waals surface area contributed by atoms with Gasteiger partial charge < -0.3 is 35.6 Å². The summed E-state index contributed by atoms with van der Waals surface area (Å²) in [5.74, 6) is -2.25. The molecule has 0 aromatic heterocycles. The molecule has 0 aliphatic carbocycles. The van der Waals surface area contributed by atoms with Crippen molar-refractivity contribution in [1.82, 2.24) is 24.9 Å². The molecule has 0 bridgehead atoms. The van der Waals surface area contributed by atoms with E-state index in [1.54, 1.807) is 9.80 Å². The van der Waals surface area contributed by atoms with E-state index in [2.05, 4.69) is 17.4 Å². The number of amides is 4. The van der Waals surface area contributed by atoms with Crippen LogP contribution >= 0.6 is 0 Å². The zero-order valence-electron chi connectivity index (χ0n) is 29.4. The molecule has 14 nitrogen and oxygen atoms in total. The summed E-state index contributed by atoms with van der Waals surface area (Å²) in [5, 5.41) is 20.6. The van der Waals surface area contributed by atoms with Crippen molar-refractivity contribution in [2.75, 3.05) is 59.0 Å². The number of nitrogens with one attached hydrogen (secondary N) is 2. The number of hydrogen-bond acceptors (Lipinski definition) is 8. The topological polar surface area (TPSA) is 190 Å². The lowest BCUT2D eigenvalue weighted by atomic mass is 9.78. The molecule has 276 valence electrons. The highest BCUT2D eigenvalue weighted by Crippen LogP contribution is 2.36. The Bertz CT molecular complexity index is 1310. The van der Waals surface area contributed by atoms with Gasteiger partial charge in [0.15, 0.2) is 12.0 Å². The van der Waals surface area contributed by atoms with Crippen LogP contribution in [0.1, 0.15) is 70.3 Å². The minimum absolute atomic E-state index is 0.0214. The number of guanidine groups is 1. The molecule has 0 spiro atoms. The molecule has 4 aliphatic rings. The summed E-state index contributed by atoms with van der Waals surface area (Å²) < 4.78 is 4.90. The average Bonchev–Trinajstić information content (AvgIpc) is 3.13. The fourth-order valence-corrected chi connectivity index (χ4v) is 7.31. The fraction of sp³-hybridized carbons (Fsp3) is 0.667. The molecule has 4 fully saturated rings. The van der Waals surface area contributed by atoms with Crippen LogP contribution in [0.2, 0.25) is 0 Å². The third-order valence-corrected chi connectivity index (χ3v) is 10.1. The van der Waals surface area contributed by atoms with Crippen molar-refractivity contribution in [3.63, 3.8) is 0 Å². The maximum Gasteiger partial charge on any atom is 0.327 e. The van der Waals surface area contributed by atoms with Crippen molar-refractivity contribution in [3.05, 3.63) is 35.9 Å². The molecule has 2 unspecified atom stereocenters. The normalized spacial score (nSPS) is 23.7. The number of ether oxygens (including phenoxy) is 1. The number of likely N-dealkylation sites (tertiary alicyclic amines) is 2. The standard InChI is InChI=1S/C28H40N6O5.C8H15NO2/c29-27(30)33-13-7-11-21(19-33)18-22-24(26(37)38)34(25(22)36)28(39)32-16-14-31(15-17-32)23(35)12-6-2-5-10-20-8-3-1-4-9-20;1-2-11-8(10)7-4-3-5-9-6-7/h1,3-4,8-9,21-22,24H,2,5-7,10-19H2,(H3,29,30)(H,37,38);7,9H,2-6H2,1H3/t21-,22-,24?;/m1./s1. The summed E-state index contributed by atoms with van der Waals surface area (Å²) >= 11 is 0. The second-order valence-corrected chi connectivity index (χ2v) is 13.7. The van der Waals surface area contributed by atoms with Crippen molar-refractivity contribution < 1.29 is 33.8 Å². The molecule has 14 heteroatoms. The van der Waals surface area contributed by atoms with E-state index in [0.717, 1.165) is 69.4 Å². The number of aliphatic carboxylic acids is 1. The Morgan fingerprint density at radius 2 is 1.68 bits per heavy atom. The van der Waals surface area contributed by atoms with Gasteiger partial charge in [0.05, 0.1) is 18.4 Å². The molecular formula is C36H55N7O7. The summed E-state index contributed by atoms with van der Waals surface area (Å²) in [5.41, 5.74) is 6.90. The van der Waals surface area contributed by atoms with E-state index in [-0.39, 0.29) is 42.8 Å². The van der Waals surface area contributed by atoms with Gasteiger partial charge in [-0.15, -0.1) is 0 Å². The maximum absolute atomic E-state index is 13.1. The molecule has 4 heterocycles. The minimum atomic E-state index is -1.19. The van der Waals surface area contributed by atoms with Crippen LogP contribution in [0.25, 0.3) is 0 Å². The fourth-order valence-electron chi connectivity index (χ4n) is 7.31. The summed E-state index contributed by atoms with van der Waals surface area (Å²) in [7, 11) is 0. The molecule has 5 rings (SSSR count). The van der Waals surface area contributed by atoms with Gasteiger partial charge in [-0.25, -0.2) is 14.5 Å². The molecule has 50 heavy (non-hydrogen) atoms. The van der Waals surface area contributed by atoms with Crippen LogP contribution in [0, 0.1) is 23.2 Å². The molecule has 1 aromatic carbocycles. The number of unbranched alkanes of at least 4 members (excludes halogenated alkanes) is 2. The van der Waals surface area contributed by atoms with E-state index >= 15 is 0 Å². The van der Waals surface area contributed by atoms with Crippen LogP contribution in [0.3, 0.4) is 0 Å². The molecule has 4 saturated heterocycles. The predicted octanol–water partition coefficient (Wildman–Crippen LogP) is 2.51. The largest absolute Gasteiger partial charge is 0.480 e. The second kappa shape index (κ2) is 19.3. The van der Waals surface area contributed by atoms with Crippen molar-refractivity contribution in [3.8, 4) is 0 Å². The van der Waals surface area contributed by atoms with Crippen molar-refractivity contribution >= 4 is 35.7 Å². The van der Waals surface area contributed by atoms with Gasteiger partial charge in [-0.05, 0) is 76.3 Å². The van der Waals surface area contributed by atoms with Crippen molar-refractivity contribution in [1.29, 1.82) is 5.41 Å². The van der Waals surface area contributed by atoms with E-state index in [1.807, 2.05) is 25.1 Å². The lowest BCUT2D eigenvalue weighted by molar-refractivity contribution is -0.167. The number of esters is 1. The number of carboxylic acids is 1. The number of piperazine rings is 1. The monoisotopic (exact) mass is 697 g/mol. The van der Waals surface area contributed by atoms with E-state index < -0.39 is 29.9 Å². The molecule has 0 radical (unpaired) electrons. The van der Waals surface area contributed by atoms with E-state index in [9.17, 15) is 29.1 Å². The first kappa shape index (κ1) is 38.6. The highest BCUT2D eigenvalue weighted by Gasteiger charge is 2.56. The van der Waals surface area contributed by atoms with E-state index in [0.29, 0.717) is 45.6 Å². The van der Waals surface area contributed by atoms with Crippen LogP contribution in [0.5, 0.6) is 0 Å². The number of nitrogens with two attached hydrogens (primary N) is 1. The summed E-state index contributed by atoms with van der Waals surface area (Å²) in [6, 6.07) is 8.50. The number of carbonyl (C=O) groups excluding carboxylic acids is 4. The van der Waals surface area contributed by atoms with Crippen LogP contribution in [0.4, 0.5) is 4.79 Å². The number of nitrogens with zero attached hydrogens (tertiary/aromatic N) is 4. The molecule has 5 N–H and O–H groups in total. The number of rotatable bonds is 11. The van der Waals surface area contributed by atoms with Crippen LogP contribution in [0.15, 0.2) is 30.3 Å². The van der Waals surface area contributed by atoms with Gasteiger partial charge in [0.1, 0.15) is 0 Å². The first-order chi connectivity index (χ1) is 24.1. The molecule has 1 aromatic rings. The summed E-state index contributed by atoms with van der Waals surface area (Å²) in [4.78, 5) is 67.8. The van der Waals surface area contributed by atoms with Gasteiger partial charge in [-0.1, -0.05) is 36.8 Å². The van der Waals surface area contributed by atoms with Crippen molar-refractivity contribution in [2.45, 2.75) is 77.2 Å². The Morgan fingerprint density at radius 3 is 2.32 bits per heavy atom. The predicted molar refractivity (Wildman–Crippen MR) is 187 cm³/mol. The zero-order valence-corrected chi connectivity index (χ0v) is 29.4. The Balaban J connectivity index is 0.000000435. The van der Waals surface area contributed by atoms with Gasteiger partial charge >= 0.3 is 18.0 Å². The van der Waals surface area contributed by atoms with Crippen molar-refractivity contribution in [2.24, 2.45) is 23.5 Å². The van der Waals surface area contributed by atoms with Gasteiger partial charge in [0.25, 0.3) is 0 Å². The summed E-state index contributed by atoms with van der Waals surface area (Å²) in [6.45, 7) is 6.66. The second-order valence-electron chi connectivity index (χ2n) is 13.7. The highest BCUT2D eigenvalue weighted by molar-refractivity contribution is 6.07. The summed E-state index contributed by atoms with van der Waals surface area (Å²) in [6.07, 6.45) is 8.37. The Hall–Kier alpha value is -4.20. The number of carbonyl (C=O) groups is 5. The molecule has 4 amide bonds. The number of imide groups is 1. The SMILES string of the molecule is CCOC(=O)C1CCCNC1.N=C(N)N1CCC[C@H](C[C@H]2C(=O)N(C(=O)N3CCN(C(=O)CCCCCc4ccccc4)CC3)C2C(=O)O)C1. The van der Waals surface area contributed by atoms with E-state index in [1.165, 1.54) is 10.5 Å². The number of piperidine rings is 2. The third kappa shape index (κ3) is 10.6.